The van der Waals surface area contributed by atoms with Crippen molar-refractivity contribution in [3.8, 4) is 0 Å². The molecule has 34 heavy (non-hydrogen) atoms. The zero-order valence-electron chi connectivity index (χ0n) is 20.6. The second-order valence-electron chi connectivity index (χ2n) is 8.70. The minimum absolute atomic E-state index is 0.00656. The van der Waals surface area contributed by atoms with E-state index in [-0.39, 0.29) is 22.5 Å². The molecule has 1 aromatic heterocycles. The number of carbonyl (C=O) groups is 1. The maximum absolute atomic E-state index is 13.4. The molecule has 1 aromatic carbocycles. The highest BCUT2D eigenvalue weighted by Crippen LogP contribution is 2.29. The Kier molecular flexibility index (Phi) is 9.04. The maximum Gasteiger partial charge on any atom is 0.248 e. The third-order valence-corrected chi connectivity index (χ3v) is 8.44. The van der Waals surface area contributed by atoms with Gasteiger partial charge in [0.05, 0.1) is 0 Å². The van der Waals surface area contributed by atoms with E-state index in [0.717, 1.165) is 30.8 Å². The molecule has 0 saturated carbocycles. The molecule has 0 spiro atoms. The fourth-order valence-corrected chi connectivity index (χ4v) is 5.88. The molecule has 0 aliphatic carbocycles. The second-order valence-corrected chi connectivity index (χ2v) is 10.6. The number of amides is 1. The number of nitrogens with zero attached hydrogens (tertiary/aromatic N) is 3. The Labute approximate surface area is 203 Å². The Hall–Kier alpha value is -2.49. The number of benzene rings is 1. The topological polar surface area (TPSA) is 95.8 Å². The Morgan fingerprint density at radius 3 is 2.41 bits per heavy atom. The molecule has 0 unspecified atom stereocenters. The number of aryl methyl sites for hydroxylation is 2. The molecule has 2 heterocycles. The van der Waals surface area contributed by atoms with E-state index in [1.54, 1.807) is 13.0 Å². The van der Waals surface area contributed by atoms with Crippen LogP contribution in [0.25, 0.3) is 12.2 Å². The van der Waals surface area contributed by atoms with Crippen LogP contribution in [0.4, 0.5) is 0 Å². The van der Waals surface area contributed by atoms with E-state index in [0.29, 0.717) is 38.2 Å². The summed E-state index contributed by atoms with van der Waals surface area (Å²) in [5, 5.41) is 6.91. The maximum atomic E-state index is 13.4. The quantitative estimate of drug-likeness (QED) is 0.551. The molecule has 0 bridgehead atoms. The minimum atomic E-state index is -3.79. The first-order valence-electron chi connectivity index (χ1n) is 12.0. The van der Waals surface area contributed by atoms with E-state index >= 15 is 0 Å². The van der Waals surface area contributed by atoms with E-state index in [4.69, 9.17) is 4.52 Å². The highest BCUT2D eigenvalue weighted by molar-refractivity contribution is 7.89. The molecule has 8 nitrogen and oxygen atoms in total. The van der Waals surface area contributed by atoms with E-state index in [1.807, 2.05) is 37.3 Å². The van der Waals surface area contributed by atoms with Crippen LogP contribution < -0.4 is 5.32 Å². The Morgan fingerprint density at radius 2 is 1.79 bits per heavy atom. The summed E-state index contributed by atoms with van der Waals surface area (Å²) in [4.78, 5) is 14.9. The van der Waals surface area contributed by atoms with Crippen molar-refractivity contribution in [1.29, 1.82) is 0 Å². The van der Waals surface area contributed by atoms with Gasteiger partial charge in [-0.15, -0.1) is 0 Å². The number of aromatic nitrogens is 1. The average molecular weight is 489 g/mol. The molecule has 2 aromatic rings. The van der Waals surface area contributed by atoms with Crippen molar-refractivity contribution >= 4 is 28.1 Å². The van der Waals surface area contributed by atoms with Crippen LogP contribution in [-0.4, -0.2) is 68.0 Å². The van der Waals surface area contributed by atoms with Crippen LogP contribution in [0.15, 0.2) is 33.7 Å². The predicted molar refractivity (Wildman–Crippen MR) is 134 cm³/mol. The van der Waals surface area contributed by atoms with Gasteiger partial charge in [0.2, 0.25) is 15.9 Å². The number of nitrogens with one attached hydrogen (secondary N) is 1. The number of likely N-dealkylation sites (N-methyl/N-ethyl adjacent to an activating group) is 1. The van der Waals surface area contributed by atoms with Gasteiger partial charge < -0.3 is 14.7 Å². The third-order valence-electron chi connectivity index (χ3n) is 6.38. The van der Waals surface area contributed by atoms with Crippen molar-refractivity contribution in [3.05, 3.63) is 46.8 Å². The molecule has 1 aliphatic rings. The van der Waals surface area contributed by atoms with Crippen LogP contribution in [0.5, 0.6) is 0 Å². The Morgan fingerprint density at radius 1 is 1.15 bits per heavy atom. The molecule has 186 valence electrons. The number of sulfonamides is 1. The summed E-state index contributed by atoms with van der Waals surface area (Å²) in [6.07, 6.45) is 4.45. The minimum Gasteiger partial charge on any atom is -0.355 e. The van der Waals surface area contributed by atoms with Crippen molar-refractivity contribution in [2.75, 3.05) is 39.3 Å². The summed E-state index contributed by atoms with van der Waals surface area (Å²) in [5.74, 6) is 0.0501. The van der Waals surface area contributed by atoms with Crippen molar-refractivity contribution in [3.63, 3.8) is 0 Å². The van der Waals surface area contributed by atoms with Gasteiger partial charge in [-0.3, -0.25) is 4.79 Å². The Bertz CT molecular complexity index is 1080. The van der Waals surface area contributed by atoms with Gasteiger partial charge in [-0.05, 0) is 51.4 Å². The smallest absolute Gasteiger partial charge is 0.248 e. The molecular formula is C25H36N4O4S. The highest BCUT2D eigenvalue weighted by atomic mass is 32.2. The molecule has 1 amide bonds. The molecule has 9 heteroatoms. The lowest BCUT2D eigenvalue weighted by Crippen LogP contribution is -2.44. The van der Waals surface area contributed by atoms with Gasteiger partial charge in [0, 0.05) is 32.1 Å². The zero-order chi connectivity index (χ0) is 24.7. The van der Waals surface area contributed by atoms with Crippen LogP contribution in [-0.2, 0) is 14.8 Å². The van der Waals surface area contributed by atoms with Crippen LogP contribution in [0, 0.1) is 19.8 Å². The van der Waals surface area contributed by atoms with E-state index < -0.39 is 10.0 Å². The van der Waals surface area contributed by atoms with Crippen molar-refractivity contribution in [2.45, 2.75) is 45.4 Å². The summed E-state index contributed by atoms with van der Waals surface area (Å²) >= 11 is 0. The largest absolute Gasteiger partial charge is 0.355 e. The third kappa shape index (κ3) is 6.34. The zero-order valence-corrected chi connectivity index (χ0v) is 21.4. The first kappa shape index (κ1) is 26.1. The molecule has 0 atom stereocenters. The monoisotopic (exact) mass is 488 g/mol. The molecule has 0 radical (unpaired) electrons. The van der Waals surface area contributed by atoms with E-state index in [1.165, 1.54) is 4.31 Å². The summed E-state index contributed by atoms with van der Waals surface area (Å²) in [5.41, 5.74) is 2.42. The van der Waals surface area contributed by atoms with Crippen molar-refractivity contribution < 1.29 is 17.7 Å². The summed E-state index contributed by atoms with van der Waals surface area (Å²) < 4.78 is 33.6. The number of hydrogen-bond acceptors (Lipinski definition) is 6. The van der Waals surface area contributed by atoms with Gasteiger partial charge >= 0.3 is 0 Å². The van der Waals surface area contributed by atoms with Gasteiger partial charge in [0.15, 0.2) is 10.7 Å². The Balaban J connectivity index is 1.63. The summed E-state index contributed by atoms with van der Waals surface area (Å²) in [6.45, 7) is 11.8. The molecule has 1 N–H and O–H groups in total. The van der Waals surface area contributed by atoms with Crippen LogP contribution in [0.1, 0.15) is 49.3 Å². The fourth-order valence-electron chi connectivity index (χ4n) is 4.16. The highest BCUT2D eigenvalue weighted by Gasteiger charge is 2.35. The van der Waals surface area contributed by atoms with E-state index in [2.05, 4.69) is 29.2 Å². The van der Waals surface area contributed by atoms with Gasteiger partial charge in [-0.1, -0.05) is 54.9 Å². The number of piperidine rings is 1. The molecule has 1 saturated heterocycles. The molecule has 1 fully saturated rings. The average Bonchev–Trinajstić information content (AvgIpc) is 3.22. The number of carbonyl (C=O) groups excluding carboxylic acids is 1. The molecule has 3 rings (SSSR count). The van der Waals surface area contributed by atoms with Crippen molar-refractivity contribution in [2.24, 2.45) is 5.92 Å². The summed E-state index contributed by atoms with van der Waals surface area (Å²) in [6, 6.07) is 7.90. The SMILES string of the molecule is CCN(CC)CCNC(=O)C1CCN(S(=O)(=O)c2c(C)noc2C=Cc2ccc(C)cc2)CC1. The fraction of sp³-hybridized carbons (Fsp3) is 0.520. The first-order chi connectivity index (χ1) is 16.3. The first-order valence-corrected chi connectivity index (χ1v) is 13.4. The summed E-state index contributed by atoms with van der Waals surface area (Å²) in [7, 11) is -3.79. The normalized spacial score (nSPS) is 15.9. The molecule has 1 aliphatic heterocycles. The number of hydrogen-bond donors (Lipinski definition) is 1. The lowest BCUT2D eigenvalue weighted by molar-refractivity contribution is -0.126. The van der Waals surface area contributed by atoms with Gasteiger partial charge in [-0.25, -0.2) is 8.42 Å². The van der Waals surface area contributed by atoms with Crippen LogP contribution >= 0.6 is 0 Å². The van der Waals surface area contributed by atoms with Crippen LogP contribution in [0.3, 0.4) is 0 Å². The standard InChI is InChI=1S/C25H36N4O4S/c1-5-28(6-2)18-15-26-25(30)22-13-16-29(17-14-22)34(31,32)24-20(4)27-33-23(24)12-11-21-9-7-19(3)8-10-21/h7-12,22H,5-6,13-18H2,1-4H3,(H,26,30). The van der Waals surface area contributed by atoms with Gasteiger partial charge in [0.1, 0.15) is 5.69 Å². The second kappa shape index (κ2) is 11.8. The van der Waals surface area contributed by atoms with E-state index in [9.17, 15) is 13.2 Å². The predicted octanol–water partition coefficient (Wildman–Crippen LogP) is 3.32. The van der Waals surface area contributed by atoms with Gasteiger partial charge in [-0.2, -0.15) is 4.31 Å². The number of rotatable bonds is 10. The molecular weight excluding hydrogens is 452 g/mol. The lowest BCUT2D eigenvalue weighted by Gasteiger charge is -2.30. The lowest BCUT2D eigenvalue weighted by atomic mass is 9.97. The van der Waals surface area contributed by atoms with Gasteiger partial charge in [0.25, 0.3) is 0 Å². The van der Waals surface area contributed by atoms with Crippen molar-refractivity contribution in [1.82, 2.24) is 19.7 Å². The van der Waals surface area contributed by atoms with Crippen LogP contribution in [0.2, 0.25) is 0 Å².